The van der Waals surface area contributed by atoms with Gasteiger partial charge < -0.3 is 14.7 Å². The van der Waals surface area contributed by atoms with Gasteiger partial charge in [-0.2, -0.15) is 0 Å². The number of aliphatic hydroxyl groups is 1. The third kappa shape index (κ3) is 3.70. The van der Waals surface area contributed by atoms with E-state index in [4.69, 9.17) is 4.74 Å². The highest BCUT2D eigenvalue weighted by molar-refractivity contribution is 6.10. The molecule has 1 aromatic rings. The highest BCUT2D eigenvalue weighted by atomic mass is 16.5. The second-order valence-corrected chi connectivity index (χ2v) is 7.25. The molecule has 0 saturated carbocycles. The zero-order valence-electron chi connectivity index (χ0n) is 15.6. The number of aliphatic hydroxyl groups excluding tert-OH is 1. The first-order valence-corrected chi connectivity index (χ1v) is 8.74. The van der Waals surface area contributed by atoms with Crippen molar-refractivity contribution in [3.05, 3.63) is 41.2 Å². The largest absolute Gasteiger partial charge is 0.503 e. The molecule has 1 aliphatic rings. The molecule has 5 nitrogen and oxygen atoms in total. The molecule has 1 heterocycles. The Kier molecular flexibility index (Phi) is 5.55. The first kappa shape index (κ1) is 19.0. The van der Waals surface area contributed by atoms with Crippen molar-refractivity contribution in [2.75, 3.05) is 13.2 Å². The maximum atomic E-state index is 12.9. The minimum absolute atomic E-state index is 0.180. The van der Waals surface area contributed by atoms with Crippen molar-refractivity contribution in [3.63, 3.8) is 0 Å². The number of Topliss-reactive ketones (excluding diaryl/α,β-unsaturated/α-hetero) is 1. The first-order chi connectivity index (χ1) is 11.7. The molecule has 25 heavy (non-hydrogen) atoms. The summed E-state index contributed by atoms with van der Waals surface area (Å²) in [7, 11) is 0. The van der Waals surface area contributed by atoms with Gasteiger partial charge in [-0.1, -0.05) is 39.8 Å². The van der Waals surface area contributed by atoms with E-state index in [0.29, 0.717) is 18.9 Å². The van der Waals surface area contributed by atoms with Gasteiger partial charge in [-0.05, 0) is 31.0 Å². The number of hydrogen-bond donors (Lipinski definition) is 1. The van der Waals surface area contributed by atoms with E-state index in [1.54, 1.807) is 25.7 Å². The van der Waals surface area contributed by atoms with Gasteiger partial charge in [0.1, 0.15) is 5.75 Å². The third-order valence-electron chi connectivity index (χ3n) is 4.18. The van der Waals surface area contributed by atoms with E-state index in [2.05, 4.69) is 0 Å². The van der Waals surface area contributed by atoms with Crippen LogP contribution in [0, 0.1) is 5.41 Å². The Bertz CT molecular complexity index is 700. The second-order valence-electron chi connectivity index (χ2n) is 7.25. The van der Waals surface area contributed by atoms with Crippen LogP contribution in [0.4, 0.5) is 0 Å². The standard InChI is InChI=1S/C20H27NO4/c1-6-11-21-16(13-9-8-10-14(12-13)25-7-2)15(17(22)19(21)24)18(23)20(3,4)5/h8-10,12,16,22H,6-7,11H2,1-5H3. The summed E-state index contributed by atoms with van der Waals surface area (Å²) in [5.41, 5.74) is 0.255. The number of carbonyl (C=O) groups excluding carboxylic acids is 2. The molecule has 0 radical (unpaired) electrons. The van der Waals surface area contributed by atoms with Crippen molar-refractivity contribution in [1.82, 2.24) is 4.90 Å². The van der Waals surface area contributed by atoms with Crippen molar-refractivity contribution >= 4 is 11.7 Å². The van der Waals surface area contributed by atoms with E-state index in [1.165, 1.54) is 0 Å². The van der Waals surface area contributed by atoms with Gasteiger partial charge in [0.25, 0.3) is 5.91 Å². The van der Waals surface area contributed by atoms with E-state index in [1.807, 2.05) is 38.1 Å². The number of ketones is 1. The number of nitrogens with zero attached hydrogens (tertiary/aromatic N) is 1. The topological polar surface area (TPSA) is 66.8 Å². The van der Waals surface area contributed by atoms with Crippen LogP contribution in [0.15, 0.2) is 35.6 Å². The predicted molar refractivity (Wildman–Crippen MR) is 96.5 cm³/mol. The van der Waals surface area contributed by atoms with Gasteiger partial charge in [-0.25, -0.2) is 0 Å². The van der Waals surface area contributed by atoms with Crippen LogP contribution in [0.5, 0.6) is 5.75 Å². The molecule has 1 atom stereocenters. The normalized spacial score (nSPS) is 18.0. The van der Waals surface area contributed by atoms with Crippen LogP contribution in [0.25, 0.3) is 0 Å². The highest BCUT2D eigenvalue weighted by Crippen LogP contribution is 2.41. The van der Waals surface area contributed by atoms with Gasteiger partial charge in [0.15, 0.2) is 11.5 Å². The smallest absolute Gasteiger partial charge is 0.290 e. The Labute approximate surface area is 149 Å². The molecule has 1 N–H and O–H groups in total. The average Bonchev–Trinajstić information content (AvgIpc) is 2.79. The van der Waals surface area contributed by atoms with Crippen LogP contribution in [0.3, 0.4) is 0 Å². The van der Waals surface area contributed by atoms with Gasteiger partial charge in [0.2, 0.25) is 0 Å². The lowest BCUT2D eigenvalue weighted by Crippen LogP contribution is -2.33. The fourth-order valence-corrected chi connectivity index (χ4v) is 3.05. The Morgan fingerprint density at radius 1 is 1.28 bits per heavy atom. The molecule has 0 spiro atoms. The highest BCUT2D eigenvalue weighted by Gasteiger charge is 2.45. The van der Waals surface area contributed by atoms with Gasteiger partial charge in [0, 0.05) is 12.0 Å². The zero-order valence-corrected chi connectivity index (χ0v) is 15.6. The number of rotatable bonds is 6. The number of ether oxygens (including phenoxy) is 1. The van der Waals surface area contributed by atoms with Gasteiger partial charge in [0.05, 0.1) is 18.2 Å². The Balaban J connectivity index is 2.57. The van der Waals surface area contributed by atoms with Crippen molar-refractivity contribution in [2.45, 2.75) is 47.1 Å². The maximum Gasteiger partial charge on any atom is 0.290 e. The third-order valence-corrected chi connectivity index (χ3v) is 4.18. The molecule has 2 rings (SSSR count). The van der Waals surface area contributed by atoms with E-state index < -0.39 is 23.1 Å². The molecule has 1 aliphatic heterocycles. The lowest BCUT2D eigenvalue weighted by Gasteiger charge is -2.28. The molecule has 0 fully saturated rings. The summed E-state index contributed by atoms with van der Waals surface area (Å²) in [4.78, 5) is 27.1. The molecule has 0 aliphatic carbocycles. The zero-order chi connectivity index (χ0) is 18.8. The molecule has 0 aromatic heterocycles. The summed E-state index contributed by atoms with van der Waals surface area (Å²) in [5.74, 6) is -0.455. The molecule has 0 saturated heterocycles. The van der Waals surface area contributed by atoms with E-state index >= 15 is 0 Å². The Morgan fingerprint density at radius 2 is 1.96 bits per heavy atom. The summed E-state index contributed by atoms with van der Waals surface area (Å²) in [5, 5.41) is 10.4. The summed E-state index contributed by atoms with van der Waals surface area (Å²) in [6.45, 7) is 10.2. The van der Waals surface area contributed by atoms with Crippen LogP contribution < -0.4 is 4.74 Å². The summed E-state index contributed by atoms with van der Waals surface area (Å²) in [6.07, 6.45) is 0.734. The van der Waals surface area contributed by atoms with Crippen molar-refractivity contribution in [2.24, 2.45) is 5.41 Å². The quantitative estimate of drug-likeness (QED) is 0.851. The Morgan fingerprint density at radius 3 is 2.52 bits per heavy atom. The summed E-state index contributed by atoms with van der Waals surface area (Å²) < 4.78 is 5.55. The fraction of sp³-hybridized carbons (Fsp3) is 0.500. The average molecular weight is 345 g/mol. The van der Waals surface area contributed by atoms with Crippen LogP contribution in [-0.2, 0) is 9.59 Å². The van der Waals surface area contributed by atoms with Gasteiger partial charge in [-0.15, -0.1) is 0 Å². The second kappa shape index (κ2) is 7.30. The molecule has 0 bridgehead atoms. The van der Waals surface area contributed by atoms with Gasteiger partial charge in [-0.3, -0.25) is 9.59 Å². The minimum atomic E-state index is -0.693. The lowest BCUT2D eigenvalue weighted by atomic mass is 9.82. The van der Waals surface area contributed by atoms with E-state index in [-0.39, 0.29) is 11.4 Å². The number of hydrogen-bond acceptors (Lipinski definition) is 4. The predicted octanol–water partition coefficient (Wildman–Crippen LogP) is 3.81. The molecule has 1 unspecified atom stereocenters. The SMILES string of the molecule is CCCN1C(=O)C(O)=C(C(=O)C(C)(C)C)C1c1cccc(OCC)c1. The lowest BCUT2D eigenvalue weighted by molar-refractivity contribution is -0.129. The van der Waals surface area contributed by atoms with Crippen molar-refractivity contribution < 1.29 is 19.4 Å². The van der Waals surface area contributed by atoms with E-state index in [0.717, 1.165) is 12.0 Å². The van der Waals surface area contributed by atoms with Crippen LogP contribution >= 0.6 is 0 Å². The molecule has 5 heteroatoms. The summed E-state index contributed by atoms with van der Waals surface area (Å²) in [6, 6.07) is 6.78. The first-order valence-electron chi connectivity index (χ1n) is 8.74. The maximum absolute atomic E-state index is 12.9. The number of amides is 1. The molecular weight excluding hydrogens is 318 g/mol. The number of carbonyl (C=O) groups is 2. The van der Waals surface area contributed by atoms with E-state index in [9.17, 15) is 14.7 Å². The Hall–Kier alpha value is -2.30. The van der Waals surface area contributed by atoms with Gasteiger partial charge >= 0.3 is 0 Å². The van der Waals surface area contributed by atoms with Crippen LogP contribution in [0.1, 0.15) is 52.6 Å². The van der Waals surface area contributed by atoms with Crippen molar-refractivity contribution in [3.8, 4) is 5.75 Å². The molecular formula is C20H27NO4. The number of benzene rings is 1. The summed E-state index contributed by atoms with van der Waals surface area (Å²) >= 11 is 0. The van der Waals surface area contributed by atoms with Crippen LogP contribution in [-0.4, -0.2) is 34.8 Å². The molecule has 136 valence electrons. The van der Waals surface area contributed by atoms with Crippen LogP contribution in [0.2, 0.25) is 0 Å². The monoisotopic (exact) mass is 345 g/mol. The van der Waals surface area contributed by atoms with Crippen molar-refractivity contribution in [1.29, 1.82) is 0 Å². The molecule has 1 amide bonds. The minimum Gasteiger partial charge on any atom is -0.503 e. The molecule has 1 aromatic carbocycles. The fourth-order valence-electron chi connectivity index (χ4n) is 3.05.